The molecule has 0 saturated carbocycles. The smallest absolute Gasteiger partial charge is 0.336 e. The van der Waals surface area contributed by atoms with E-state index in [4.69, 9.17) is 0 Å². The predicted octanol–water partition coefficient (Wildman–Crippen LogP) is 3.04. The van der Waals surface area contributed by atoms with E-state index in [0.29, 0.717) is 4.90 Å². The molecule has 2 N–H and O–H groups in total. The van der Waals surface area contributed by atoms with Gasteiger partial charge in [0.15, 0.2) is 0 Å². The topological polar surface area (TPSA) is 90.0 Å². The van der Waals surface area contributed by atoms with Gasteiger partial charge < -0.3 is 10.0 Å². The highest BCUT2D eigenvalue weighted by Crippen LogP contribution is 2.29. The zero-order valence-corrected chi connectivity index (χ0v) is 16.0. The zero-order chi connectivity index (χ0) is 21.1. The van der Waals surface area contributed by atoms with Crippen LogP contribution in [0.15, 0.2) is 48.0 Å². The zero-order valence-electron chi connectivity index (χ0n) is 16.0. The van der Waals surface area contributed by atoms with Gasteiger partial charge in [0.05, 0.1) is 5.69 Å². The van der Waals surface area contributed by atoms with Gasteiger partial charge in [-0.2, -0.15) is 0 Å². The fourth-order valence-electron chi connectivity index (χ4n) is 3.10. The molecule has 0 spiro atoms. The molecule has 1 saturated heterocycles. The van der Waals surface area contributed by atoms with Crippen molar-refractivity contribution < 1.29 is 23.9 Å². The molecular formula is C21H20FN3O4. The Bertz CT molecular complexity index is 1010. The highest BCUT2D eigenvalue weighted by Gasteiger charge is 2.38. The van der Waals surface area contributed by atoms with Crippen LogP contribution in [-0.2, 0) is 9.59 Å². The van der Waals surface area contributed by atoms with Crippen LogP contribution >= 0.6 is 0 Å². The van der Waals surface area contributed by atoms with Crippen molar-refractivity contribution in [1.82, 2.24) is 5.32 Å². The van der Waals surface area contributed by atoms with Gasteiger partial charge in [0, 0.05) is 30.4 Å². The number of phenols is 1. The van der Waals surface area contributed by atoms with Crippen molar-refractivity contribution in [2.24, 2.45) is 0 Å². The van der Waals surface area contributed by atoms with Crippen molar-refractivity contribution in [2.75, 3.05) is 22.9 Å². The molecule has 8 heteroatoms. The van der Waals surface area contributed by atoms with E-state index in [-0.39, 0.29) is 17.0 Å². The number of carbonyl (C=O) groups excluding carboxylic acids is 3. The number of imide groups is 2. The summed E-state index contributed by atoms with van der Waals surface area (Å²) in [5.41, 5.74) is 0.354. The van der Waals surface area contributed by atoms with Crippen LogP contribution < -0.4 is 15.1 Å². The van der Waals surface area contributed by atoms with Crippen molar-refractivity contribution in [2.45, 2.75) is 13.8 Å². The molecule has 3 rings (SSSR count). The van der Waals surface area contributed by atoms with E-state index in [0.717, 1.165) is 24.8 Å². The van der Waals surface area contributed by atoms with E-state index in [1.807, 2.05) is 24.1 Å². The van der Waals surface area contributed by atoms with Crippen molar-refractivity contribution in [3.05, 3.63) is 59.4 Å². The maximum atomic E-state index is 14.1. The number of urea groups is 1. The number of phenolic OH excluding ortho intramolecular Hbond substituents is 1. The molecule has 2 aromatic rings. The standard InChI is InChI=1S/C21H20FN3O4/c1-3-24(4-2)14-10-9-13(18(26)12-14)11-15-19(27)23-21(29)25(20(15)28)17-8-6-5-7-16(17)22/h5-12,26H,3-4H2,1-2H3,(H,23,27,29)/b15-11-. The third-order valence-corrected chi connectivity index (χ3v) is 4.64. The average Bonchev–Trinajstić information content (AvgIpc) is 2.69. The lowest BCUT2D eigenvalue weighted by atomic mass is 10.1. The number of carbonyl (C=O) groups is 3. The Morgan fingerprint density at radius 1 is 1.10 bits per heavy atom. The molecule has 7 nitrogen and oxygen atoms in total. The van der Waals surface area contributed by atoms with Gasteiger partial charge in [0.1, 0.15) is 17.1 Å². The van der Waals surface area contributed by atoms with E-state index >= 15 is 0 Å². The Morgan fingerprint density at radius 2 is 1.79 bits per heavy atom. The van der Waals surface area contributed by atoms with Crippen molar-refractivity contribution in [3.63, 3.8) is 0 Å². The molecule has 29 heavy (non-hydrogen) atoms. The van der Waals surface area contributed by atoms with Crippen molar-refractivity contribution in [1.29, 1.82) is 0 Å². The third kappa shape index (κ3) is 3.82. The van der Waals surface area contributed by atoms with Gasteiger partial charge >= 0.3 is 6.03 Å². The Hall–Kier alpha value is -3.68. The van der Waals surface area contributed by atoms with Crippen LogP contribution in [0.4, 0.5) is 20.6 Å². The van der Waals surface area contributed by atoms with Gasteiger partial charge in [-0.1, -0.05) is 12.1 Å². The molecule has 1 fully saturated rings. The number of hydrogen-bond acceptors (Lipinski definition) is 5. The molecule has 1 aliphatic rings. The van der Waals surface area contributed by atoms with E-state index < -0.39 is 29.2 Å². The molecule has 0 atom stereocenters. The fourth-order valence-corrected chi connectivity index (χ4v) is 3.10. The van der Waals surface area contributed by atoms with E-state index in [1.54, 1.807) is 12.1 Å². The van der Waals surface area contributed by atoms with Crippen LogP contribution in [0.1, 0.15) is 19.4 Å². The first kappa shape index (κ1) is 20.1. The fraction of sp³-hybridized carbons (Fsp3) is 0.190. The predicted molar refractivity (Wildman–Crippen MR) is 107 cm³/mol. The monoisotopic (exact) mass is 397 g/mol. The molecule has 0 unspecified atom stereocenters. The maximum absolute atomic E-state index is 14.1. The molecule has 0 radical (unpaired) electrons. The van der Waals surface area contributed by atoms with Gasteiger partial charge in [-0.3, -0.25) is 14.9 Å². The number of barbiturate groups is 1. The highest BCUT2D eigenvalue weighted by atomic mass is 19.1. The minimum atomic E-state index is -1.04. The molecule has 1 aliphatic heterocycles. The van der Waals surface area contributed by atoms with E-state index in [1.165, 1.54) is 30.3 Å². The van der Waals surface area contributed by atoms with Crippen LogP contribution in [0.5, 0.6) is 5.75 Å². The first-order chi connectivity index (χ1) is 13.9. The molecular weight excluding hydrogens is 377 g/mol. The number of nitrogens with one attached hydrogen (secondary N) is 1. The Labute approximate surface area is 167 Å². The van der Waals surface area contributed by atoms with Gasteiger partial charge in [0.25, 0.3) is 11.8 Å². The molecule has 4 amide bonds. The Morgan fingerprint density at radius 3 is 2.41 bits per heavy atom. The summed E-state index contributed by atoms with van der Waals surface area (Å²) < 4.78 is 14.1. The second-order valence-corrected chi connectivity index (χ2v) is 6.32. The first-order valence-electron chi connectivity index (χ1n) is 9.11. The van der Waals surface area contributed by atoms with Crippen LogP contribution in [0.2, 0.25) is 0 Å². The van der Waals surface area contributed by atoms with Gasteiger partial charge in [0.2, 0.25) is 0 Å². The minimum Gasteiger partial charge on any atom is -0.507 e. The Kier molecular flexibility index (Phi) is 5.63. The summed E-state index contributed by atoms with van der Waals surface area (Å²) in [4.78, 5) is 39.8. The molecule has 0 aromatic heterocycles. The van der Waals surface area contributed by atoms with E-state index in [9.17, 15) is 23.9 Å². The molecule has 1 heterocycles. The van der Waals surface area contributed by atoms with E-state index in [2.05, 4.69) is 0 Å². The summed E-state index contributed by atoms with van der Waals surface area (Å²) in [7, 11) is 0. The van der Waals surface area contributed by atoms with Gasteiger partial charge in [-0.15, -0.1) is 0 Å². The number of aromatic hydroxyl groups is 1. The average molecular weight is 397 g/mol. The second-order valence-electron chi connectivity index (χ2n) is 6.32. The summed E-state index contributed by atoms with van der Waals surface area (Å²) in [6, 6.07) is 9.07. The van der Waals surface area contributed by atoms with Crippen LogP contribution in [0.25, 0.3) is 6.08 Å². The quantitative estimate of drug-likeness (QED) is 0.598. The third-order valence-electron chi connectivity index (χ3n) is 4.64. The van der Waals surface area contributed by atoms with Crippen LogP contribution in [-0.4, -0.2) is 36.0 Å². The lowest BCUT2D eigenvalue weighted by Crippen LogP contribution is -2.54. The lowest BCUT2D eigenvalue weighted by molar-refractivity contribution is -0.122. The molecule has 2 aromatic carbocycles. The SMILES string of the molecule is CCN(CC)c1ccc(/C=C2/C(=O)NC(=O)N(c3ccccc3F)C2=O)c(O)c1. The Balaban J connectivity index is 2.00. The van der Waals surface area contributed by atoms with Crippen molar-refractivity contribution >= 4 is 35.3 Å². The number of nitrogens with zero attached hydrogens (tertiary/aromatic N) is 2. The number of rotatable bonds is 5. The molecule has 150 valence electrons. The van der Waals surface area contributed by atoms with Crippen LogP contribution in [0.3, 0.4) is 0 Å². The number of benzene rings is 2. The highest BCUT2D eigenvalue weighted by molar-refractivity contribution is 6.39. The van der Waals surface area contributed by atoms with Gasteiger partial charge in [-0.25, -0.2) is 14.1 Å². The normalized spacial score (nSPS) is 15.6. The second kappa shape index (κ2) is 8.14. The minimum absolute atomic E-state index is 0.128. The largest absolute Gasteiger partial charge is 0.507 e. The van der Waals surface area contributed by atoms with Gasteiger partial charge in [-0.05, 0) is 44.2 Å². The number of halogens is 1. The summed E-state index contributed by atoms with van der Waals surface area (Å²) in [5, 5.41) is 12.4. The number of anilines is 2. The number of hydrogen-bond donors (Lipinski definition) is 2. The molecule has 0 bridgehead atoms. The van der Waals surface area contributed by atoms with Crippen LogP contribution in [0, 0.1) is 5.82 Å². The first-order valence-corrected chi connectivity index (χ1v) is 9.11. The maximum Gasteiger partial charge on any atom is 0.336 e. The number of amides is 4. The summed E-state index contributed by atoms with van der Waals surface area (Å²) in [5.74, 6) is -2.80. The van der Waals surface area contributed by atoms with Crippen molar-refractivity contribution in [3.8, 4) is 5.75 Å². The summed E-state index contributed by atoms with van der Waals surface area (Å²) in [6.45, 7) is 5.46. The molecule has 0 aliphatic carbocycles. The summed E-state index contributed by atoms with van der Waals surface area (Å²) in [6.07, 6.45) is 1.18. The summed E-state index contributed by atoms with van der Waals surface area (Å²) >= 11 is 0. The lowest BCUT2D eigenvalue weighted by Gasteiger charge is -2.26. The number of para-hydroxylation sites is 1.